The Kier molecular flexibility index (Phi) is 4.56. The van der Waals surface area contributed by atoms with Gasteiger partial charge in [0.25, 0.3) is 0 Å². The van der Waals surface area contributed by atoms with Gasteiger partial charge >= 0.3 is 0 Å². The second-order valence-corrected chi connectivity index (χ2v) is 13.2. The number of hydrogen-bond donors (Lipinski definition) is 2. The summed E-state index contributed by atoms with van der Waals surface area (Å²) in [6.45, 7) is 0. The second-order valence-electron chi connectivity index (χ2n) is 13.2. The standard InChI is InChI=1S/C29H38N2O2/c32-26(28-12-18-6-19(13-28)8-20(7-18)14-28)30-24-4-2-1-3-5-25(24)31-27(33)29-15-21-9-22(16-29)11-23(10-21)17-29/h1-2,4-5,18-23H,3,6-17H2,(H,30,32)(H,31,33). The van der Waals surface area contributed by atoms with Gasteiger partial charge in [0.15, 0.2) is 0 Å². The summed E-state index contributed by atoms with van der Waals surface area (Å²) < 4.78 is 0. The van der Waals surface area contributed by atoms with E-state index in [1.807, 2.05) is 12.2 Å². The fourth-order valence-corrected chi connectivity index (χ4v) is 10.1. The molecule has 4 heteroatoms. The van der Waals surface area contributed by atoms with Crippen LogP contribution >= 0.6 is 0 Å². The van der Waals surface area contributed by atoms with Crippen LogP contribution in [0, 0.1) is 46.3 Å². The van der Waals surface area contributed by atoms with Crippen molar-refractivity contribution in [1.29, 1.82) is 0 Å². The number of nitrogens with one attached hydrogen (secondary N) is 2. The zero-order valence-corrected chi connectivity index (χ0v) is 19.8. The topological polar surface area (TPSA) is 58.2 Å². The maximum absolute atomic E-state index is 13.7. The van der Waals surface area contributed by atoms with Crippen molar-refractivity contribution < 1.29 is 9.59 Å². The van der Waals surface area contributed by atoms with Gasteiger partial charge in [-0.15, -0.1) is 0 Å². The summed E-state index contributed by atoms with van der Waals surface area (Å²) >= 11 is 0. The highest BCUT2D eigenvalue weighted by Crippen LogP contribution is 2.61. The third-order valence-electron chi connectivity index (χ3n) is 10.7. The lowest BCUT2D eigenvalue weighted by molar-refractivity contribution is -0.146. The molecule has 0 heterocycles. The van der Waals surface area contributed by atoms with E-state index in [1.54, 1.807) is 0 Å². The molecule has 9 rings (SSSR count). The first kappa shape index (κ1) is 20.5. The minimum Gasteiger partial charge on any atom is -0.324 e. The molecule has 8 bridgehead atoms. The third kappa shape index (κ3) is 3.38. The molecule has 0 saturated heterocycles. The molecule has 0 atom stereocenters. The van der Waals surface area contributed by atoms with Gasteiger partial charge in [0.2, 0.25) is 11.8 Å². The Morgan fingerprint density at radius 1 is 0.636 bits per heavy atom. The molecule has 9 aliphatic carbocycles. The Hall–Kier alpha value is -1.84. The van der Waals surface area contributed by atoms with Crippen molar-refractivity contribution in [2.75, 3.05) is 0 Å². The summed E-state index contributed by atoms with van der Waals surface area (Å²) in [5.74, 6) is 4.90. The Labute approximate surface area is 197 Å². The van der Waals surface area contributed by atoms with Gasteiger partial charge in [0.05, 0.1) is 22.2 Å². The number of amides is 2. The van der Waals surface area contributed by atoms with Gasteiger partial charge in [-0.3, -0.25) is 9.59 Å². The van der Waals surface area contributed by atoms with E-state index in [2.05, 4.69) is 22.8 Å². The van der Waals surface area contributed by atoms with Crippen LogP contribution in [0.25, 0.3) is 0 Å². The van der Waals surface area contributed by atoms with Gasteiger partial charge in [-0.05, 0) is 125 Å². The maximum Gasteiger partial charge on any atom is 0.230 e. The summed E-state index contributed by atoms with van der Waals surface area (Å²) in [5.41, 5.74) is 1.26. The first-order valence-electron chi connectivity index (χ1n) is 13.7. The van der Waals surface area contributed by atoms with E-state index < -0.39 is 0 Å². The van der Waals surface area contributed by atoms with Crippen molar-refractivity contribution in [2.45, 2.75) is 83.5 Å². The van der Waals surface area contributed by atoms with Crippen molar-refractivity contribution in [2.24, 2.45) is 46.3 Å². The highest BCUT2D eigenvalue weighted by molar-refractivity contribution is 5.88. The van der Waals surface area contributed by atoms with Gasteiger partial charge in [0, 0.05) is 0 Å². The number of rotatable bonds is 4. The van der Waals surface area contributed by atoms with Gasteiger partial charge in [-0.25, -0.2) is 0 Å². The highest BCUT2D eigenvalue weighted by atomic mass is 16.2. The quantitative estimate of drug-likeness (QED) is 0.609. The molecule has 0 aliphatic heterocycles. The van der Waals surface area contributed by atoms with Gasteiger partial charge in [-0.1, -0.05) is 18.2 Å². The molecule has 176 valence electrons. The smallest absolute Gasteiger partial charge is 0.230 e. The van der Waals surface area contributed by atoms with Crippen molar-refractivity contribution in [3.05, 3.63) is 35.7 Å². The largest absolute Gasteiger partial charge is 0.324 e. The summed E-state index contributed by atoms with van der Waals surface area (Å²) in [4.78, 5) is 27.4. The van der Waals surface area contributed by atoms with Crippen LogP contribution in [0.15, 0.2) is 35.7 Å². The lowest BCUT2D eigenvalue weighted by atomic mass is 9.49. The molecule has 8 fully saturated rings. The fourth-order valence-electron chi connectivity index (χ4n) is 10.1. The number of allylic oxidation sites excluding steroid dienone is 4. The zero-order valence-electron chi connectivity index (χ0n) is 19.8. The first-order valence-corrected chi connectivity index (χ1v) is 13.7. The number of carbonyl (C=O) groups excluding carboxylic acids is 2. The van der Waals surface area contributed by atoms with Crippen molar-refractivity contribution in [3.63, 3.8) is 0 Å². The third-order valence-corrected chi connectivity index (χ3v) is 10.7. The average molecular weight is 447 g/mol. The van der Waals surface area contributed by atoms with E-state index in [1.165, 1.54) is 38.5 Å². The Bertz CT molecular complexity index is 900. The Morgan fingerprint density at radius 2 is 1.03 bits per heavy atom. The molecule has 2 N–H and O–H groups in total. The summed E-state index contributed by atoms with van der Waals surface area (Å²) in [6.07, 6.45) is 23.4. The number of carbonyl (C=O) groups is 2. The molecule has 0 unspecified atom stereocenters. The Balaban J connectivity index is 1.09. The van der Waals surface area contributed by atoms with Crippen molar-refractivity contribution in [3.8, 4) is 0 Å². The molecule has 0 aromatic heterocycles. The molecule has 0 aromatic rings. The van der Waals surface area contributed by atoms with Crippen LogP contribution in [0.3, 0.4) is 0 Å². The highest BCUT2D eigenvalue weighted by Gasteiger charge is 2.56. The fraction of sp³-hybridized carbons (Fsp3) is 0.724. The van der Waals surface area contributed by atoms with E-state index in [0.717, 1.165) is 91.8 Å². The van der Waals surface area contributed by atoms with E-state index in [9.17, 15) is 9.59 Å². The van der Waals surface area contributed by atoms with Crippen LogP contribution in [-0.2, 0) is 9.59 Å². The van der Waals surface area contributed by atoms with Crippen LogP contribution in [0.5, 0.6) is 0 Å². The lowest BCUT2D eigenvalue weighted by Gasteiger charge is -2.56. The molecule has 0 aromatic carbocycles. The molecule has 9 aliphatic rings. The molecule has 0 spiro atoms. The molecular weight excluding hydrogens is 408 g/mol. The normalized spacial score (nSPS) is 46.5. The van der Waals surface area contributed by atoms with Gasteiger partial charge < -0.3 is 10.6 Å². The molecule has 8 saturated carbocycles. The molecule has 33 heavy (non-hydrogen) atoms. The van der Waals surface area contributed by atoms with E-state index >= 15 is 0 Å². The van der Waals surface area contributed by atoms with Gasteiger partial charge in [0.1, 0.15) is 0 Å². The van der Waals surface area contributed by atoms with E-state index in [-0.39, 0.29) is 22.6 Å². The van der Waals surface area contributed by atoms with Crippen LogP contribution in [-0.4, -0.2) is 11.8 Å². The minimum atomic E-state index is -0.180. The van der Waals surface area contributed by atoms with Gasteiger partial charge in [-0.2, -0.15) is 0 Å². The molecule has 0 radical (unpaired) electrons. The summed E-state index contributed by atoms with van der Waals surface area (Å²) in [6, 6.07) is 0. The maximum atomic E-state index is 13.7. The van der Waals surface area contributed by atoms with E-state index in [0.29, 0.717) is 0 Å². The predicted octanol–water partition coefficient (Wildman–Crippen LogP) is 5.38. The minimum absolute atomic E-state index is 0.176. The molecular formula is C29H38N2O2. The number of hydrogen-bond acceptors (Lipinski definition) is 2. The average Bonchev–Trinajstić information content (AvgIpc) is 2.97. The monoisotopic (exact) mass is 446 g/mol. The zero-order chi connectivity index (χ0) is 22.2. The van der Waals surface area contributed by atoms with Crippen LogP contribution in [0.1, 0.15) is 83.5 Å². The van der Waals surface area contributed by atoms with Crippen LogP contribution < -0.4 is 10.6 Å². The van der Waals surface area contributed by atoms with E-state index in [4.69, 9.17) is 0 Å². The molecule has 4 nitrogen and oxygen atoms in total. The summed E-state index contributed by atoms with van der Waals surface area (Å²) in [5, 5.41) is 6.68. The predicted molar refractivity (Wildman–Crippen MR) is 127 cm³/mol. The molecule has 2 amide bonds. The summed E-state index contributed by atoms with van der Waals surface area (Å²) in [7, 11) is 0. The van der Waals surface area contributed by atoms with Crippen molar-refractivity contribution in [1.82, 2.24) is 10.6 Å². The SMILES string of the molecule is O=C(NC1=CC=CCC=C1NC(=O)C12CC3CC(CC(C3)C1)C2)C12CC3CC(CC(C3)C1)C2. The van der Waals surface area contributed by atoms with Crippen LogP contribution in [0.2, 0.25) is 0 Å². The van der Waals surface area contributed by atoms with Crippen LogP contribution in [0.4, 0.5) is 0 Å². The first-order chi connectivity index (χ1) is 16.0. The lowest BCUT2D eigenvalue weighted by Crippen LogP contribution is -2.55. The Morgan fingerprint density at radius 3 is 1.45 bits per heavy atom. The van der Waals surface area contributed by atoms with Crippen molar-refractivity contribution >= 4 is 11.8 Å². The second kappa shape index (κ2) is 7.33.